The summed E-state index contributed by atoms with van der Waals surface area (Å²) in [6.45, 7) is 9.21. The third kappa shape index (κ3) is 3.81. The summed E-state index contributed by atoms with van der Waals surface area (Å²) >= 11 is 0. The van der Waals surface area contributed by atoms with Gasteiger partial charge in [0.2, 0.25) is 10.0 Å². The third-order valence-electron chi connectivity index (χ3n) is 5.13. The number of ether oxygens (including phenoxy) is 1. The van der Waals surface area contributed by atoms with Crippen molar-refractivity contribution in [3.8, 4) is 0 Å². The molecule has 164 valence electrons. The van der Waals surface area contributed by atoms with Crippen molar-refractivity contribution in [3.63, 3.8) is 0 Å². The largest absolute Gasteiger partial charge is 0.444 e. The van der Waals surface area contributed by atoms with Crippen LogP contribution in [0.5, 0.6) is 0 Å². The fourth-order valence-electron chi connectivity index (χ4n) is 3.70. The van der Waals surface area contributed by atoms with Crippen molar-refractivity contribution < 1.29 is 27.5 Å². The lowest BCUT2D eigenvalue weighted by Crippen LogP contribution is -2.62. The molecule has 2 heterocycles. The molecular weight excluding hydrogens is 410 g/mol. The minimum absolute atomic E-state index is 0.0588. The lowest BCUT2D eigenvalue weighted by Gasteiger charge is -2.45. The van der Waals surface area contributed by atoms with Gasteiger partial charge in [-0.25, -0.2) is 13.2 Å². The molecule has 1 aromatic rings. The minimum atomic E-state index is -3.96. The molecule has 0 saturated carbocycles. The van der Waals surface area contributed by atoms with Gasteiger partial charge in [0.1, 0.15) is 5.60 Å². The average molecular weight is 438 g/mol. The zero-order valence-electron chi connectivity index (χ0n) is 18.1. The van der Waals surface area contributed by atoms with Crippen LogP contribution in [0.1, 0.15) is 55.3 Å². The Balaban J connectivity index is 1.87. The molecule has 0 N–H and O–H groups in total. The standard InChI is InChI=1S/C20H27N3O6S/c1-19(2,3)29-18(26)22-9-10-23(20(4,5)12-22)30(27,28)13-7-8-14-15(11-13)17(25)21(6)16(14)24/h7-8,11H,9-10,12H2,1-6H3. The number of carbonyl (C=O) groups excluding carboxylic acids is 3. The number of nitrogens with zero attached hydrogens (tertiary/aromatic N) is 3. The molecule has 0 atom stereocenters. The van der Waals surface area contributed by atoms with Gasteiger partial charge in [0.15, 0.2) is 0 Å². The second-order valence-electron chi connectivity index (χ2n) is 9.17. The number of imide groups is 1. The van der Waals surface area contributed by atoms with Crippen LogP contribution in [0.4, 0.5) is 4.79 Å². The quantitative estimate of drug-likeness (QED) is 0.655. The fourth-order valence-corrected chi connectivity index (χ4v) is 5.49. The van der Waals surface area contributed by atoms with E-state index in [9.17, 15) is 22.8 Å². The number of sulfonamides is 1. The van der Waals surface area contributed by atoms with Crippen LogP contribution in [0.15, 0.2) is 23.1 Å². The highest BCUT2D eigenvalue weighted by atomic mass is 32.2. The van der Waals surface area contributed by atoms with Crippen LogP contribution in [-0.2, 0) is 14.8 Å². The van der Waals surface area contributed by atoms with Crippen LogP contribution in [0.2, 0.25) is 0 Å². The number of piperazine rings is 1. The highest BCUT2D eigenvalue weighted by Gasteiger charge is 2.44. The third-order valence-corrected chi connectivity index (χ3v) is 7.23. The molecule has 0 spiro atoms. The summed E-state index contributed by atoms with van der Waals surface area (Å²) < 4.78 is 33.4. The number of fused-ring (bicyclic) bond motifs is 1. The Kier molecular flexibility index (Phi) is 5.23. The second-order valence-corrected chi connectivity index (χ2v) is 11.0. The maximum Gasteiger partial charge on any atom is 0.410 e. The molecule has 0 bridgehead atoms. The lowest BCUT2D eigenvalue weighted by molar-refractivity contribution is 0.00351. The first kappa shape index (κ1) is 22.2. The number of rotatable bonds is 2. The molecule has 3 rings (SSSR count). The average Bonchev–Trinajstić information content (AvgIpc) is 2.83. The van der Waals surface area contributed by atoms with Crippen LogP contribution in [-0.4, -0.2) is 78.3 Å². The van der Waals surface area contributed by atoms with Crippen molar-refractivity contribution in [2.75, 3.05) is 26.7 Å². The van der Waals surface area contributed by atoms with Crippen molar-refractivity contribution in [1.29, 1.82) is 0 Å². The molecular formula is C20H27N3O6S. The van der Waals surface area contributed by atoms with E-state index in [4.69, 9.17) is 4.74 Å². The molecule has 0 unspecified atom stereocenters. The minimum Gasteiger partial charge on any atom is -0.444 e. The molecule has 1 saturated heterocycles. The Labute approximate surface area is 176 Å². The second kappa shape index (κ2) is 7.05. The van der Waals surface area contributed by atoms with Crippen molar-refractivity contribution in [2.45, 2.75) is 50.7 Å². The Morgan fingerprint density at radius 3 is 2.23 bits per heavy atom. The fraction of sp³-hybridized carbons (Fsp3) is 0.550. The highest BCUT2D eigenvalue weighted by Crippen LogP contribution is 2.31. The van der Waals surface area contributed by atoms with E-state index in [1.807, 2.05) is 0 Å². The molecule has 3 amide bonds. The predicted molar refractivity (Wildman–Crippen MR) is 109 cm³/mol. The van der Waals surface area contributed by atoms with Crippen molar-refractivity contribution in [3.05, 3.63) is 29.3 Å². The molecule has 1 aromatic carbocycles. The SMILES string of the molecule is CN1C(=O)c2ccc(S(=O)(=O)N3CCN(C(=O)OC(C)(C)C)CC3(C)C)cc2C1=O. The molecule has 1 fully saturated rings. The Hall–Kier alpha value is -2.46. The van der Waals surface area contributed by atoms with Gasteiger partial charge in [0.25, 0.3) is 11.8 Å². The first-order chi connectivity index (χ1) is 13.6. The van der Waals surface area contributed by atoms with Gasteiger partial charge in [-0.05, 0) is 52.8 Å². The van der Waals surface area contributed by atoms with Gasteiger partial charge < -0.3 is 9.64 Å². The predicted octanol–water partition coefficient (Wildman–Crippen LogP) is 1.93. The topological polar surface area (TPSA) is 104 Å². The summed E-state index contributed by atoms with van der Waals surface area (Å²) in [6, 6.07) is 3.97. The molecule has 10 heteroatoms. The van der Waals surface area contributed by atoms with E-state index < -0.39 is 39.1 Å². The summed E-state index contributed by atoms with van der Waals surface area (Å²) in [5.74, 6) is -0.980. The zero-order valence-corrected chi connectivity index (χ0v) is 18.9. The number of amides is 3. The number of hydrogen-bond donors (Lipinski definition) is 0. The van der Waals surface area contributed by atoms with E-state index in [0.717, 1.165) is 4.90 Å². The highest BCUT2D eigenvalue weighted by molar-refractivity contribution is 7.89. The van der Waals surface area contributed by atoms with Gasteiger partial charge in [-0.15, -0.1) is 0 Å². The van der Waals surface area contributed by atoms with Crippen molar-refractivity contribution in [1.82, 2.24) is 14.1 Å². The summed E-state index contributed by atoms with van der Waals surface area (Å²) in [7, 11) is -2.60. The molecule has 0 aliphatic carbocycles. The summed E-state index contributed by atoms with van der Waals surface area (Å²) in [6.07, 6.45) is -0.489. The molecule has 30 heavy (non-hydrogen) atoms. The van der Waals surface area contributed by atoms with Gasteiger partial charge in [0, 0.05) is 32.2 Å². The molecule has 2 aliphatic heterocycles. The number of hydrogen-bond acceptors (Lipinski definition) is 6. The van der Waals surface area contributed by atoms with Gasteiger partial charge in [-0.1, -0.05) is 0 Å². The van der Waals surface area contributed by atoms with E-state index in [2.05, 4.69) is 0 Å². The van der Waals surface area contributed by atoms with Gasteiger partial charge in [0.05, 0.1) is 16.0 Å². The van der Waals surface area contributed by atoms with E-state index in [1.54, 1.807) is 34.6 Å². The van der Waals surface area contributed by atoms with Crippen LogP contribution in [0.25, 0.3) is 0 Å². The number of carbonyl (C=O) groups is 3. The Morgan fingerprint density at radius 1 is 1.07 bits per heavy atom. The summed E-state index contributed by atoms with van der Waals surface area (Å²) in [4.78, 5) is 39.1. The maximum absolute atomic E-state index is 13.4. The molecule has 9 nitrogen and oxygen atoms in total. The summed E-state index contributed by atoms with van der Waals surface area (Å²) in [5.41, 5.74) is -1.28. The summed E-state index contributed by atoms with van der Waals surface area (Å²) in [5, 5.41) is 0. The number of benzene rings is 1. The van der Waals surface area contributed by atoms with Gasteiger partial charge in [-0.2, -0.15) is 4.31 Å². The Morgan fingerprint density at radius 2 is 1.67 bits per heavy atom. The van der Waals surface area contributed by atoms with Crippen molar-refractivity contribution >= 4 is 27.9 Å². The molecule has 2 aliphatic rings. The maximum atomic E-state index is 13.4. The smallest absolute Gasteiger partial charge is 0.410 e. The molecule has 0 aromatic heterocycles. The zero-order chi connectivity index (χ0) is 22.6. The Bertz CT molecular complexity index is 1030. The van der Waals surface area contributed by atoms with Crippen molar-refractivity contribution in [2.24, 2.45) is 0 Å². The van der Waals surface area contributed by atoms with Crippen LogP contribution in [0.3, 0.4) is 0 Å². The van der Waals surface area contributed by atoms with E-state index >= 15 is 0 Å². The normalized spacial score (nSPS) is 19.8. The monoisotopic (exact) mass is 437 g/mol. The van der Waals surface area contributed by atoms with Crippen LogP contribution >= 0.6 is 0 Å². The first-order valence-electron chi connectivity index (χ1n) is 9.62. The van der Waals surface area contributed by atoms with Gasteiger partial charge in [-0.3, -0.25) is 14.5 Å². The molecule has 0 radical (unpaired) electrons. The first-order valence-corrected chi connectivity index (χ1v) is 11.1. The van der Waals surface area contributed by atoms with Crippen LogP contribution < -0.4 is 0 Å². The van der Waals surface area contributed by atoms with E-state index in [0.29, 0.717) is 0 Å². The van der Waals surface area contributed by atoms with E-state index in [-0.39, 0.29) is 35.7 Å². The lowest BCUT2D eigenvalue weighted by atomic mass is 10.0. The van der Waals surface area contributed by atoms with E-state index in [1.165, 1.54) is 34.5 Å². The van der Waals surface area contributed by atoms with Crippen LogP contribution in [0, 0.1) is 0 Å². The van der Waals surface area contributed by atoms with Gasteiger partial charge >= 0.3 is 6.09 Å².